The van der Waals surface area contributed by atoms with Crippen molar-refractivity contribution in [2.24, 2.45) is 5.73 Å². The Bertz CT molecular complexity index is 1430. The van der Waals surface area contributed by atoms with E-state index in [4.69, 9.17) is 30.5 Å². The Morgan fingerprint density at radius 2 is 1.84 bits per heavy atom. The molecule has 0 amide bonds. The first-order valence-electron chi connectivity index (χ1n) is 11.4. The number of benzene rings is 2. The summed E-state index contributed by atoms with van der Waals surface area (Å²) in [4.78, 5) is 32.7. The van der Waals surface area contributed by atoms with Crippen LogP contribution in [0.1, 0.15) is 36.8 Å². The van der Waals surface area contributed by atoms with Crippen LogP contribution in [-0.2, 0) is 4.79 Å². The Labute approximate surface area is 217 Å². The molecule has 13 nitrogen and oxygen atoms in total. The minimum atomic E-state index is -0.833. The van der Waals surface area contributed by atoms with E-state index in [1.807, 2.05) is 19.1 Å². The molecule has 0 saturated heterocycles. The van der Waals surface area contributed by atoms with Gasteiger partial charge in [0, 0.05) is 30.6 Å². The number of H-pyrrole nitrogens is 1. The number of nitrogen functional groups attached to an aromatic ring is 1. The van der Waals surface area contributed by atoms with Crippen molar-refractivity contribution in [2.75, 3.05) is 19.0 Å². The minimum absolute atomic E-state index is 0.0229. The largest absolute Gasteiger partial charge is 0.493 e. The molecule has 4 rings (SSSR count). The van der Waals surface area contributed by atoms with Crippen molar-refractivity contribution in [3.8, 4) is 17.4 Å². The van der Waals surface area contributed by atoms with Crippen molar-refractivity contribution in [1.29, 1.82) is 5.41 Å². The molecular weight excluding hydrogens is 492 g/mol. The number of methoxy groups -OCH3 is 1. The number of aromatic nitrogens is 5. The number of rotatable bonds is 9. The molecule has 0 aliphatic rings. The van der Waals surface area contributed by atoms with Crippen molar-refractivity contribution in [3.05, 3.63) is 88.4 Å². The van der Waals surface area contributed by atoms with Crippen LogP contribution in [0.4, 0.5) is 5.69 Å². The van der Waals surface area contributed by atoms with Gasteiger partial charge in [-0.1, -0.05) is 6.07 Å². The number of carbonyl (C=O) groups is 1. The zero-order chi connectivity index (χ0) is 27.7. The summed E-state index contributed by atoms with van der Waals surface area (Å²) in [6.07, 6.45) is 3.07. The van der Waals surface area contributed by atoms with Gasteiger partial charge in [-0.15, -0.1) is 9.78 Å². The van der Waals surface area contributed by atoms with E-state index < -0.39 is 17.7 Å². The van der Waals surface area contributed by atoms with Gasteiger partial charge in [0.2, 0.25) is 0 Å². The van der Waals surface area contributed by atoms with Gasteiger partial charge in [-0.25, -0.2) is 14.8 Å². The van der Waals surface area contributed by atoms with E-state index in [0.29, 0.717) is 29.5 Å². The predicted octanol–water partition coefficient (Wildman–Crippen LogP) is 2.33. The van der Waals surface area contributed by atoms with Crippen LogP contribution in [-0.4, -0.2) is 55.4 Å². The van der Waals surface area contributed by atoms with Gasteiger partial charge in [0.1, 0.15) is 11.9 Å². The highest BCUT2D eigenvalue weighted by Crippen LogP contribution is 2.33. The lowest BCUT2D eigenvalue weighted by Crippen LogP contribution is -2.18. The van der Waals surface area contributed by atoms with Crippen LogP contribution in [0.25, 0.3) is 5.95 Å². The fourth-order valence-corrected chi connectivity index (χ4v) is 3.37. The third kappa shape index (κ3) is 6.94. The lowest BCUT2D eigenvalue weighted by Gasteiger charge is -2.20. The molecule has 4 aromatic rings. The van der Waals surface area contributed by atoms with Crippen LogP contribution >= 0.6 is 0 Å². The van der Waals surface area contributed by atoms with Gasteiger partial charge in [0.15, 0.2) is 17.3 Å². The summed E-state index contributed by atoms with van der Waals surface area (Å²) in [5, 5.41) is 22.8. The average Bonchev–Trinajstić information content (AvgIpc) is 3.29. The lowest BCUT2D eigenvalue weighted by molar-refractivity contribution is -0.134. The second kappa shape index (κ2) is 12.7. The number of nitrogens with one attached hydrogen (secondary N) is 3. The predicted molar refractivity (Wildman–Crippen MR) is 140 cm³/mol. The Morgan fingerprint density at radius 3 is 2.42 bits per heavy atom. The zero-order valence-electron chi connectivity index (χ0n) is 21.0. The van der Waals surface area contributed by atoms with Crippen molar-refractivity contribution in [1.82, 2.24) is 24.7 Å². The van der Waals surface area contributed by atoms with Gasteiger partial charge in [-0.3, -0.25) is 15.2 Å². The van der Waals surface area contributed by atoms with E-state index in [1.165, 1.54) is 12.4 Å². The molecule has 2 aromatic carbocycles. The number of carboxylic acids is 1. The monoisotopic (exact) mass is 520 g/mol. The van der Waals surface area contributed by atoms with Crippen molar-refractivity contribution in [3.63, 3.8) is 0 Å². The summed E-state index contributed by atoms with van der Waals surface area (Å²) in [6.45, 7) is 3.47. The molecule has 0 saturated carbocycles. The molecule has 2 aromatic heterocycles. The van der Waals surface area contributed by atoms with Crippen LogP contribution in [0.15, 0.2) is 65.7 Å². The first kappa shape index (κ1) is 27.4. The van der Waals surface area contributed by atoms with Gasteiger partial charge >= 0.3 is 5.69 Å². The number of carboxylic acid groups (broad SMARTS) is 1. The van der Waals surface area contributed by atoms with Crippen molar-refractivity contribution < 1.29 is 19.4 Å². The maximum atomic E-state index is 12.7. The second-order valence-corrected chi connectivity index (χ2v) is 7.71. The van der Waals surface area contributed by atoms with Gasteiger partial charge in [0.05, 0.1) is 13.7 Å². The number of hydrogen-bond donors (Lipinski definition) is 5. The van der Waals surface area contributed by atoms with Gasteiger partial charge in [-0.2, -0.15) is 0 Å². The summed E-state index contributed by atoms with van der Waals surface area (Å²) in [6, 6.07) is 13.7. The number of anilines is 1. The summed E-state index contributed by atoms with van der Waals surface area (Å²) in [5.41, 5.74) is 7.19. The highest BCUT2D eigenvalue weighted by atomic mass is 16.5. The van der Waals surface area contributed by atoms with E-state index in [1.54, 1.807) is 43.5 Å². The third-order valence-corrected chi connectivity index (χ3v) is 4.98. The molecule has 0 bridgehead atoms. The van der Waals surface area contributed by atoms with E-state index in [2.05, 4.69) is 25.4 Å². The number of hydrogen-bond acceptors (Lipinski definition) is 9. The Morgan fingerprint density at radius 1 is 1.18 bits per heavy atom. The topological polar surface area (TPSA) is 194 Å². The Kier molecular flexibility index (Phi) is 9.13. The molecule has 0 aliphatic carbocycles. The zero-order valence-corrected chi connectivity index (χ0v) is 21.0. The SMILES string of the molecule is CC(=O)O.CCOc1ccc(C(Nc2ccc(C(=N)N)cc2)c2nn(-c3ncccn3)c(=O)[nH]2)cc1OC. The number of nitrogens with zero attached hydrogens (tertiary/aromatic N) is 4. The summed E-state index contributed by atoms with van der Waals surface area (Å²) < 4.78 is 12.2. The molecule has 0 fully saturated rings. The van der Waals surface area contributed by atoms with Crippen molar-refractivity contribution >= 4 is 17.5 Å². The van der Waals surface area contributed by atoms with E-state index in [0.717, 1.165) is 22.9 Å². The van der Waals surface area contributed by atoms with E-state index in [-0.39, 0.29) is 11.8 Å². The second-order valence-electron chi connectivity index (χ2n) is 7.71. The molecule has 198 valence electrons. The summed E-state index contributed by atoms with van der Waals surface area (Å²) in [5.74, 6) is 0.801. The van der Waals surface area contributed by atoms with Crippen LogP contribution in [0, 0.1) is 5.41 Å². The number of ether oxygens (including phenoxy) is 2. The number of aliphatic carboxylic acids is 1. The first-order valence-corrected chi connectivity index (χ1v) is 11.4. The van der Waals surface area contributed by atoms with Crippen LogP contribution in [0.3, 0.4) is 0 Å². The van der Waals surface area contributed by atoms with Crippen LogP contribution < -0.4 is 26.2 Å². The molecule has 13 heteroatoms. The molecular formula is C25H28N8O5. The van der Waals surface area contributed by atoms with Gasteiger partial charge in [0.25, 0.3) is 11.9 Å². The van der Waals surface area contributed by atoms with E-state index in [9.17, 15) is 4.79 Å². The molecule has 38 heavy (non-hydrogen) atoms. The molecule has 2 heterocycles. The maximum Gasteiger partial charge on any atom is 0.350 e. The molecule has 0 radical (unpaired) electrons. The minimum Gasteiger partial charge on any atom is -0.493 e. The van der Waals surface area contributed by atoms with E-state index >= 15 is 0 Å². The number of aromatic amines is 1. The molecule has 1 atom stereocenters. The first-order chi connectivity index (χ1) is 18.2. The number of nitrogens with two attached hydrogens (primary N) is 1. The number of amidine groups is 1. The normalized spacial score (nSPS) is 11.0. The quantitative estimate of drug-likeness (QED) is 0.161. The fraction of sp³-hybridized carbons (Fsp3) is 0.200. The Balaban J connectivity index is 0.000000934. The van der Waals surface area contributed by atoms with Crippen molar-refractivity contribution in [2.45, 2.75) is 19.9 Å². The molecule has 6 N–H and O–H groups in total. The highest BCUT2D eigenvalue weighted by molar-refractivity contribution is 5.95. The standard InChI is InChI=1S/C23H24N8O3.C2H4O2/c1-3-34-17-10-7-15(13-18(17)33-2)19(28-16-8-5-14(6-9-16)20(24)25)21-29-23(32)31(30-21)22-26-11-4-12-27-22;1-2(3)4/h4-13,19,28H,3H2,1-2H3,(H3,24,25)(H,29,30,32);1H3,(H,3,4). The smallest absolute Gasteiger partial charge is 0.350 e. The molecule has 0 spiro atoms. The fourth-order valence-electron chi connectivity index (χ4n) is 3.37. The summed E-state index contributed by atoms with van der Waals surface area (Å²) in [7, 11) is 1.56. The van der Waals surface area contributed by atoms with Gasteiger partial charge in [-0.05, 0) is 55.0 Å². The van der Waals surface area contributed by atoms with Crippen LogP contribution in [0.2, 0.25) is 0 Å². The third-order valence-electron chi connectivity index (χ3n) is 4.98. The van der Waals surface area contributed by atoms with Crippen LogP contribution in [0.5, 0.6) is 11.5 Å². The highest BCUT2D eigenvalue weighted by Gasteiger charge is 2.22. The molecule has 1 unspecified atom stereocenters. The lowest BCUT2D eigenvalue weighted by atomic mass is 10.0. The molecule has 0 aliphatic heterocycles. The maximum absolute atomic E-state index is 12.7. The summed E-state index contributed by atoms with van der Waals surface area (Å²) >= 11 is 0. The average molecular weight is 521 g/mol. The Hall–Kier alpha value is -5.20. The van der Waals surface area contributed by atoms with Gasteiger partial charge < -0.3 is 25.6 Å².